The lowest BCUT2D eigenvalue weighted by Gasteiger charge is -2.13. The van der Waals surface area contributed by atoms with Gasteiger partial charge in [0.15, 0.2) is 12.1 Å². The van der Waals surface area contributed by atoms with E-state index in [2.05, 4.69) is 0 Å². The molecule has 0 bridgehead atoms. The lowest BCUT2D eigenvalue weighted by atomic mass is 10.1. The molecular weight excluding hydrogens is 343 g/mol. The van der Waals surface area contributed by atoms with E-state index in [4.69, 9.17) is 9.47 Å². The van der Waals surface area contributed by atoms with E-state index >= 15 is 0 Å². The summed E-state index contributed by atoms with van der Waals surface area (Å²) in [5.41, 5.74) is 0.671. The summed E-state index contributed by atoms with van der Waals surface area (Å²) < 4.78 is 11.4. The number of ketones is 1. The quantitative estimate of drug-likeness (QED) is 0.323. The molecule has 1 rings (SSSR count). The van der Waals surface area contributed by atoms with Crippen LogP contribution in [0.2, 0.25) is 0 Å². The minimum atomic E-state index is -0.459. The van der Waals surface area contributed by atoms with E-state index in [-0.39, 0.29) is 5.78 Å². The van der Waals surface area contributed by atoms with Gasteiger partial charge in [0.2, 0.25) is 0 Å². The third-order valence-corrected chi connectivity index (χ3v) is 3.05. The van der Waals surface area contributed by atoms with E-state index in [1.54, 1.807) is 18.2 Å². The van der Waals surface area contributed by atoms with Gasteiger partial charge in [0.25, 0.3) is 0 Å². The molecule has 0 aliphatic carbocycles. The monoisotopic (exact) mass is 360 g/mol. The fourth-order valence-corrected chi connectivity index (χ4v) is 2.00. The summed E-state index contributed by atoms with van der Waals surface area (Å²) in [6, 6.07) is 9.17. The molecule has 0 atom stereocenters. The number of hydrogen-bond donors (Lipinski definition) is 0. The largest absolute Gasteiger partial charge is 0.349 e. The lowest BCUT2D eigenvalue weighted by molar-refractivity contribution is -0.103. The molecule has 18 heavy (non-hydrogen) atoms. The summed E-state index contributed by atoms with van der Waals surface area (Å²) in [4.78, 5) is 12.1. The van der Waals surface area contributed by atoms with E-state index in [1.807, 2.05) is 54.6 Å². The second kappa shape index (κ2) is 8.39. The van der Waals surface area contributed by atoms with Gasteiger partial charge in [-0.15, -0.1) is 0 Å². The Morgan fingerprint density at radius 3 is 2.28 bits per heavy atom. The Bertz CT molecular complexity index is 395. The summed E-state index contributed by atoms with van der Waals surface area (Å²) in [5, 5.41) is 0. The van der Waals surface area contributed by atoms with Crippen molar-refractivity contribution < 1.29 is 14.3 Å². The van der Waals surface area contributed by atoms with Crippen LogP contribution in [0.4, 0.5) is 0 Å². The molecule has 0 saturated carbocycles. The Balaban J connectivity index is 2.78. The smallest absolute Gasteiger partial charge is 0.198 e. The van der Waals surface area contributed by atoms with Gasteiger partial charge in [-0.05, 0) is 42.5 Å². The molecule has 0 heterocycles. The summed E-state index contributed by atoms with van der Waals surface area (Å²) in [5.74, 6) is -0.0133. The van der Waals surface area contributed by atoms with Crippen LogP contribution in [0.3, 0.4) is 0 Å². The SMILES string of the molecule is CCOC(/C=C(\I)C(=O)c1ccccc1)OCC. The van der Waals surface area contributed by atoms with Crippen LogP contribution in [0.15, 0.2) is 40.0 Å². The van der Waals surface area contributed by atoms with Crippen LogP contribution < -0.4 is 0 Å². The maximum Gasteiger partial charge on any atom is 0.198 e. The molecule has 1 aromatic carbocycles. The van der Waals surface area contributed by atoms with E-state index in [0.717, 1.165) is 0 Å². The molecule has 0 saturated heterocycles. The fraction of sp³-hybridized carbons (Fsp3) is 0.357. The van der Waals surface area contributed by atoms with E-state index in [9.17, 15) is 4.79 Å². The summed E-state index contributed by atoms with van der Waals surface area (Å²) >= 11 is 2.02. The number of carbonyl (C=O) groups is 1. The van der Waals surface area contributed by atoms with Gasteiger partial charge >= 0.3 is 0 Å². The Labute approximate surface area is 121 Å². The maximum absolute atomic E-state index is 12.1. The van der Waals surface area contributed by atoms with E-state index in [0.29, 0.717) is 22.4 Å². The molecule has 0 N–H and O–H groups in total. The predicted molar refractivity (Wildman–Crippen MR) is 79.9 cm³/mol. The molecular formula is C14H17IO3. The molecule has 0 spiro atoms. The Hall–Kier alpha value is -0.720. The van der Waals surface area contributed by atoms with Crippen molar-refractivity contribution in [1.82, 2.24) is 0 Å². The average molecular weight is 360 g/mol. The highest BCUT2D eigenvalue weighted by Crippen LogP contribution is 2.16. The number of benzene rings is 1. The summed E-state index contributed by atoms with van der Waals surface area (Å²) in [6.45, 7) is 4.88. The van der Waals surface area contributed by atoms with Crippen molar-refractivity contribution in [3.05, 3.63) is 45.6 Å². The molecule has 3 nitrogen and oxygen atoms in total. The number of ether oxygens (including phenoxy) is 2. The third-order valence-electron chi connectivity index (χ3n) is 2.20. The van der Waals surface area contributed by atoms with Crippen molar-refractivity contribution >= 4 is 28.4 Å². The zero-order chi connectivity index (χ0) is 13.4. The van der Waals surface area contributed by atoms with Crippen LogP contribution in [-0.4, -0.2) is 25.3 Å². The lowest BCUT2D eigenvalue weighted by Crippen LogP contribution is -2.15. The number of halogens is 1. The van der Waals surface area contributed by atoms with Gasteiger partial charge in [0.05, 0.1) is 3.58 Å². The van der Waals surface area contributed by atoms with E-state index < -0.39 is 6.29 Å². The van der Waals surface area contributed by atoms with Crippen LogP contribution in [0, 0.1) is 0 Å². The second-order valence-corrected chi connectivity index (χ2v) is 4.65. The molecule has 0 amide bonds. The maximum atomic E-state index is 12.1. The molecule has 4 heteroatoms. The van der Waals surface area contributed by atoms with Crippen molar-refractivity contribution in [2.75, 3.05) is 13.2 Å². The highest BCUT2D eigenvalue weighted by Gasteiger charge is 2.12. The van der Waals surface area contributed by atoms with Gasteiger partial charge in [0, 0.05) is 18.8 Å². The molecule has 1 aromatic rings. The molecule has 0 radical (unpaired) electrons. The van der Waals surface area contributed by atoms with Gasteiger partial charge in [-0.2, -0.15) is 0 Å². The van der Waals surface area contributed by atoms with Gasteiger partial charge < -0.3 is 9.47 Å². The van der Waals surface area contributed by atoms with Crippen molar-refractivity contribution in [2.24, 2.45) is 0 Å². The first-order valence-corrected chi connectivity index (χ1v) is 6.97. The average Bonchev–Trinajstić information content (AvgIpc) is 2.39. The van der Waals surface area contributed by atoms with Crippen molar-refractivity contribution in [1.29, 1.82) is 0 Å². The van der Waals surface area contributed by atoms with Gasteiger partial charge in [0.1, 0.15) is 0 Å². The number of hydrogen-bond acceptors (Lipinski definition) is 3. The molecule has 0 aliphatic rings. The predicted octanol–water partition coefficient (Wildman–Crippen LogP) is 3.59. The minimum absolute atomic E-state index is 0.0133. The normalized spacial score (nSPS) is 11.9. The van der Waals surface area contributed by atoms with Gasteiger partial charge in [-0.1, -0.05) is 30.3 Å². The van der Waals surface area contributed by atoms with Gasteiger partial charge in [-0.3, -0.25) is 4.79 Å². The van der Waals surface area contributed by atoms with Crippen molar-refractivity contribution in [2.45, 2.75) is 20.1 Å². The summed E-state index contributed by atoms with van der Waals surface area (Å²) in [7, 11) is 0. The van der Waals surface area contributed by atoms with Crippen LogP contribution >= 0.6 is 22.6 Å². The first kappa shape index (κ1) is 15.3. The molecule has 0 unspecified atom stereocenters. The first-order chi connectivity index (χ1) is 8.69. The third kappa shape index (κ3) is 4.88. The first-order valence-electron chi connectivity index (χ1n) is 5.89. The topological polar surface area (TPSA) is 35.5 Å². The number of carbonyl (C=O) groups excluding carboxylic acids is 1. The Kier molecular flexibility index (Phi) is 7.15. The van der Waals surface area contributed by atoms with Crippen molar-refractivity contribution in [3.63, 3.8) is 0 Å². The van der Waals surface area contributed by atoms with Crippen LogP contribution in [0.25, 0.3) is 0 Å². The highest BCUT2D eigenvalue weighted by molar-refractivity contribution is 14.1. The molecule has 0 aliphatic heterocycles. The van der Waals surface area contributed by atoms with Crippen LogP contribution in [0.5, 0.6) is 0 Å². The second-order valence-electron chi connectivity index (χ2n) is 3.49. The Morgan fingerprint density at radius 2 is 1.78 bits per heavy atom. The molecule has 0 fully saturated rings. The number of Topliss-reactive ketones (excluding diaryl/α,β-unsaturated/α-hetero) is 1. The van der Waals surface area contributed by atoms with E-state index in [1.165, 1.54) is 0 Å². The van der Waals surface area contributed by atoms with Crippen LogP contribution in [0.1, 0.15) is 24.2 Å². The zero-order valence-electron chi connectivity index (χ0n) is 10.6. The van der Waals surface area contributed by atoms with Crippen LogP contribution in [-0.2, 0) is 9.47 Å². The van der Waals surface area contributed by atoms with Crippen molar-refractivity contribution in [3.8, 4) is 0 Å². The Morgan fingerprint density at radius 1 is 1.22 bits per heavy atom. The highest BCUT2D eigenvalue weighted by atomic mass is 127. The fourth-order valence-electron chi connectivity index (χ4n) is 1.40. The minimum Gasteiger partial charge on any atom is -0.349 e. The standard InChI is InChI=1S/C14H17IO3/c1-3-17-13(18-4-2)10-12(15)14(16)11-8-6-5-7-9-11/h5-10,13H,3-4H2,1-2H3/b12-10-. The molecule has 0 aromatic heterocycles. The zero-order valence-corrected chi connectivity index (χ0v) is 12.7. The number of rotatable bonds is 7. The van der Waals surface area contributed by atoms with Gasteiger partial charge in [-0.25, -0.2) is 0 Å². The summed E-state index contributed by atoms with van der Waals surface area (Å²) in [6.07, 6.45) is 1.25. The molecule has 98 valence electrons. The number of allylic oxidation sites excluding steroid dienone is 1.